The number of piperidine rings is 1. The van der Waals surface area contributed by atoms with Gasteiger partial charge in [0.05, 0.1) is 17.7 Å². The fraction of sp³-hybridized carbons (Fsp3) is 0.391. The zero-order chi connectivity index (χ0) is 20.9. The van der Waals surface area contributed by atoms with Crippen LogP contribution >= 0.6 is 0 Å². The van der Waals surface area contributed by atoms with Crippen LogP contribution < -0.4 is 5.32 Å². The van der Waals surface area contributed by atoms with Gasteiger partial charge in [0.15, 0.2) is 0 Å². The van der Waals surface area contributed by atoms with E-state index in [2.05, 4.69) is 5.32 Å². The van der Waals surface area contributed by atoms with Crippen molar-refractivity contribution >= 4 is 17.7 Å². The molecule has 0 aliphatic carbocycles. The van der Waals surface area contributed by atoms with Crippen LogP contribution in [0.2, 0.25) is 0 Å². The Labute approximate surface area is 170 Å². The highest BCUT2D eigenvalue weighted by Crippen LogP contribution is 2.36. The molecule has 0 spiro atoms. The fourth-order valence-corrected chi connectivity index (χ4v) is 3.90. The number of carbonyl (C=O) groups is 2. The summed E-state index contributed by atoms with van der Waals surface area (Å²) in [5.74, 6) is -0.777. The fourth-order valence-electron chi connectivity index (χ4n) is 3.90. The van der Waals surface area contributed by atoms with Crippen molar-refractivity contribution < 1.29 is 18.7 Å². The molecule has 2 aromatic carbocycles. The van der Waals surface area contributed by atoms with Crippen LogP contribution in [0.4, 0.5) is 14.9 Å². The molecule has 6 heteroatoms. The maximum atomic E-state index is 13.9. The Hall–Kier alpha value is -2.89. The molecule has 1 atom stereocenters. The third-order valence-electron chi connectivity index (χ3n) is 5.48. The van der Waals surface area contributed by atoms with E-state index in [1.807, 2.05) is 31.2 Å². The first-order valence-electron chi connectivity index (χ1n) is 9.97. The number of hydrogen-bond acceptors (Lipinski definition) is 3. The number of aryl methyl sites for hydroxylation is 1. The van der Waals surface area contributed by atoms with Crippen molar-refractivity contribution in [2.75, 3.05) is 25.0 Å². The molecule has 5 nitrogen and oxygen atoms in total. The van der Waals surface area contributed by atoms with Gasteiger partial charge in [-0.05, 0) is 56.4 Å². The number of anilines is 1. The van der Waals surface area contributed by atoms with Gasteiger partial charge in [0.2, 0.25) is 0 Å². The standard InChI is InChI=1S/C23H27FN2O3/c1-3-29-21(27)23(15-18-10-5-4-9-17(18)2)13-8-14-26(16-23)22(28)25-20-12-7-6-11-19(20)24/h4-7,9-12H,3,8,13-16H2,1-2H3,(H,25,28). The molecule has 0 bridgehead atoms. The molecule has 1 saturated heterocycles. The average molecular weight is 398 g/mol. The Balaban J connectivity index is 1.83. The second-order valence-electron chi connectivity index (χ2n) is 7.54. The number of nitrogens with one attached hydrogen (secondary N) is 1. The van der Waals surface area contributed by atoms with Crippen LogP contribution in [-0.2, 0) is 16.0 Å². The van der Waals surface area contributed by atoms with E-state index in [0.717, 1.165) is 11.1 Å². The number of hydrogen-bond donors (Lipinski definition) is 1. The monoisotopic (exact) mass is 398 g/mol. The van der Waals surface area contributed by atoms with E-state index in [1.54, 1.807) is 24.0 Å². The molecule has 154 valence electrons. The molecule has 1 unspecified atom stereocenters. The Morgan fingerprint density at radius 3 is 2.62 bits per heavy atom. The molecular weight excluding hydrogens is 371 g/mol. The highest BCUT2D eigenvalue weighted by Gasteiger charge is 2.45. The molecule has 0 aromatic heterocycles. The smallest absolute Gasteiger partial charge is 0.321 e. The lowest BCUT2D eigenvalue weighted by atomic mass is 9.74. The number of para-hydroxylation sites is 1. The third-order valence-corrected chi connectivity index (χ3v) is 5.48. The molecule has 3 rings (SSSR count). The number of ether oxygens (including phenoxy) is 1. The SMILES string of the molecule is CCOC(=O)C1(Cc2ccccc2C)CCCN(C(=O)Nc2ccccc2F)C1. The van der Waals surface area contributed by atoms with Crippen LogP contribution in [0.3, 0.4) is 0 Å². The van der Waals surface area contributed by atoms with E-state index in [-0.39, 0.29) is 24.8 Å². The minimum Gasteiger partial charge on any atom is -0.466 e. The summed E-state index contributed by atoms with van der Waals surface area (Å²) >= 11 is 0. The van der Waals surface area contributed by atoms with Crippen LogP contribution in [0, 0.1) is 18.2 Å². The molecule has 1 aliphatic rings. The Bertz CT molecular complexity index is 886. The number of likely N-dealkylation sites (tertiary alicyclic amines) is 1. The number of carbonyl (C=O) groups excluding carboxylic acids is 2. The molecule has 1 aliphatic heterocycles. The van der Waals surface area contributed by atoms with E-state index in [0.29, 0.717) is 25.8 Å². The van der Waals surface area contributed by atoms with Gasteiger partial charge in [-0.3, -0.25) is 4.79 Å². The first kappa shape index (κ1) is 20.8. The van der Waals surface area contributed by atoms with Crippen LogP contribution in [-0.4, -0.2) is 36.6 Å². The lowest BCUT2D eigenvalue weighted by Crippen LogP contribution is -2.52. The molecule has 2 amide bonds. The van der Waals surface area contributed by atoms with Gasteiger partial charge in [-0.2, -0.15) is 0 Å². The predicted octanol–water partition coefficient (Wildman–Crippen LogP) is 4.55. The second-order valence-corrected chi connectivity index (χ2v) is 7.54. The number of esters is 1. The molecule has 1 N–H and O–H groups in total. The van der Waals surface area contributed by atoms with Gasteiger partial charge in [0.1, 0.15) is 5.82 Å². The Kier molecular flexibility index (Phi) is 6.52. The molecule has 1 heterocycles. The Morgan fingerprint density at radius 2 is 1.90 bits per heavy atom. The van der Waals surface area contributed by atoms with Crippen molar-refractivity contribution in [2.45, 2.75) is 33.1 Å². The maximum Gasteiger partial charge on any atom is 0.321 e. The number of urea groups is 1. The van der Waals surface area contributed by atoms with Crippen molar-refractivity contribution in [1.82, 2.24) is 4.90 Å². The van der Waals surface area contributed by atoms with Crippen LogP contribution in [0.5, 0.6) is 0 Å². The largest absolute Gasteiger partial charge is 0.466 e. The number of amides is 2. The number of halogens is 1. The Morgan fingerprint density at radius 1 is 1.17 bits per heavy atom. The van der Waals surface area contributed by atoms with Gasteiger partial charge < -0.3 is 15.0 Å². The summed E-state index contributed by atoms with van der Waals surface area (Å²) in [7, 11) is 0. The zero-order valence-corrected chi connectivity index (χ0v) is 16.9. The summed E-state index contributed by atoms with van der Waals surface area (Å²) in [4.78, 5) is 27.4. The van der Waals surface area contributed by atoms with E-state index < -0.39 is 17.3 Å². The van der Waals surface area contributed by atoms with Gasteiger partial charge in [-0.15, -0.1) is 0 Å². The lowest BCUT2D eigenvalue weighted by molar-refractivity contribution is -0.158. The van der Waals surface area contributed by atoms with Gasteiger partial charge in [-0.25, -0.2) is 9.18 Å². The van der Waals surface area contributed by atoms with Gasteiger partial charge in [-0.1, -0.05) is 36.4 Å². The summed E-state index contributed by atoms with van der Waals surface area (Å²) in [6, 6.07) is 13.6. The minimum atomic E-state index is -0.813. The van der Waals surface area contributed by atoms with E-state index in [9.17, 15) is 14.0 Å². The van der Waals surface area contributed by atoms with Crippen molar-refractivity contribution in [1.29, 1.82) is 0 Å². The van der Waals surface area contributed by atoms with E-state index in [4.69, 9.17) is 4.74 Å². The zero-order valence-electron chi connectivity index (χ0n) is 16.9. The second kappa shape index (κ2) is 9.07. The number of nitrogens with zero attached hydrogens (tertiary/aromatic N) is 1. The number of benzene rings is 2. The van der Waals surface area contributed by atoms with Crippen molar-refractivity contribution in [3.63, 3.8) is 0 Å². The molecule has 1 fully saturated rings. The highest BCUT2D eigenvalue weighted by molar-refractivity contribution is 5.90. The summed E-state index contributed by atoms with van der Waals surface area (Å²) in [6.45, 7) is 4.83. The third kappa shape index (κ3) is 4.75. The average Bonchev–Trinajstić information content (AvgIpc) is 2.72. The quantitative estimate of drug-likeness (QED) is 0.752. The van der Waals surface area contributed by atoms with Crippen molar-refractivity contribution in [3.05, 3.63) is 65.5 Å². The molecule has 29 heavy (non-hydrogen) atoms. The minimum absolute atomic E-state index is 0.128. The molecular formula is C23H27FN2O3. The summed E-state index contributed by atoms with van der Waals surface area (Å²) < 4.78 is 19.3. The van der Waals surface area contributed by atoms with Crippen LogP contribution in [0.1, 0.15) is 30.9 Å². The highest BCUT2D eigenvalue weighted by atomic mass is 19.1. The summed E-state index contributed by atoms with van der Waals surface area (Å²) in [5, 5.41) is 2.62. The van der Waals surface area contributed by atoms with Crippen LogP contribution in [0.15, 0.2) is 48.5 Å². The molecule has 2 aromatic rings. The first-order chi connectivity index (χ1) is 13.9. The lowest BCUT2D eigenvalue weighted by Gasteiger charge is -2.41. The normalized spacial score (nSPS) is 18.9. The number of rotatable bonds is 5. The van der Waals surface area contributed by atoms with Gasteiger partial charge in [0.25, 0.3) is 0 Å². The van der Waals surface area contributed by atoms with Crippen molar-refractivity contribution in [2.24, 2.45) is 5.41 Å². The topological polar surface area (TPSA) is 58.6 Å². The van der Waals surface area contributed by atoms with E-state index >= 15 is 0 Å². The molecule has 0 saturated carbocycles. The van der Waals surface area contributed by atoms with Crippen molar-refractivity contribution in [3.8, 4) is 0 Å². The van der Waals surface area contributed by atoms with Gasteiger partial charge in [0, 0.05) is 13.1 Å². The first-order valence-corrected chi connectivity index (χ1v) is 9.97. The molecule has 0 radical (unpaired) electrons. The van der Waals surface area contributed by atoms with E-state index in [1.165, 1.54) is 12.1 Å². The summed E-state index contributed by atoms with van der Waals surface area (Å²) in [6.07, 6.45) is 1.82. The maximum absolute atomic E-state index is 13.9. The van der Waals surface area contributed by atoms with Crippen LogP contribution in [0.25, 0.3) is 0 Å². The summed E-state index contributed by atoms with van der Waals surface area (Å²) in [5.41, 5.74) is 1.48. The predicted molar refractivity (Wildman–Crippen MR) is 110 cm³/mol. The van der Waals surface area contributed by atoms with Gasteiger partial charge >= 0.3 is 12.0 Å².